The van der Waals surface area contributed by atoms with Crippen molar-refractivity contribution >= 4 is 11.8 Å². The number of nitrogens with zero attached hydrogens (tertiary/aromatic N) is 4. The van der Waals surface area contributed by atoms with Gasteiger partial charge >= 0.3 is 5.97 Å². The van der Waals surface area contributed by atoms with Gasteiger partial charge in [-0.3, -0.25) is 9.88 Å². The highest BCUT2D eigenvalue weighted by Crippen LogP contribution is 2.25. The van der Waals surface area contributed by atoms with Gasteiger partial charge in [0.25, 0.3) is 0 Å². The van der Waals surface area contributed by atoms with Gasteiger partial charge in [-0.2, -0.15) is 0 Å². The maximum absolute atomic E-state index is 12.4. The van der Waals surface area contributed by atoms with Crippen LogP contribution >= 0.6 is 0 Å². The predicted octanol–water partition coefficient (Wildman–Crippen LogP) is 2.83. The molecule has 2 aromatic heterocycles. The third-order valence-corrected chi connectivity index (χ3v) is 5.76. The Morgan fingerprint density at radius 2 is 1.82 bits per heavy atom. The first kappa shape index (κ1) is 23.4. The van der Waals surface area contributed by atoms with E-state index in [-0.39, 0.29) is 12.6 Å². The van der Waals surface area contributed by atoms with Crippen LogP contribution in [-0.2, 0) is 4.74 Å². The average Bonchev–Trinajstić information content (AvgIpc) is 2.91. The molecule has 0 atom stereocenters. The number of hydrogen-bond donors (Lipinski definition) is 1. The molecule has 1 saturated heterocycles. The van der Waals surface area contributed by atoms with Gasteiger partial charge in [-0.25, -0.2) is 9.78 Å². The molecule has 0 spiro atoms. The molecule has 34 heavy (non-hydrogen) atoms. The number of esters is 1. The minimum Gasteiger partial charge on any atom is -0.465 e. The van der Waals surface area contributed by atoms with Crippen LogP contribution in [0.4, 0.5) is 5.82 Å². The van der Waals surface area contributed by atoms with Gasteiger partial charge in [-0.05, 0) is 42.8 Å². The number of ether oxygens (including phenoxy) is 1. The standard InChI is InChI=1S/C27H28N4O3/c1-34-27(33)24-18-25(29-26(19-24)31-15-13-30(14-16-31)12-3-17-32)23-9-7-21(8-10-23)5-6-22-4-2-11-28-20-22/h2,4,7-11,18-20,32H,3,12-17H2,1H3. The second kappa shape index (κ2) is 11.4. The number of hydrogen-bond acceptors (Lipinski definition) is 7. The molecule has 1 fully saturated rings. The van der Waals surface area contributed by atoms with Crippen LogP contribution in [0.15, 0.2) is 60.9 Å². The molecule has 1 aliphatic rings. The van der Waals surface area contributed by atoms with Gasteiger partial charge in [0.15, 0.2) is 0 Å². The number of aliphatic hydroxyl groups is 1. The molecular formula is C27H28N4O3. The molecular weight excluding hydrogens is 428 g/mol. The first-order chi connectivity index (χ1) is 16.7. The van der Waals surface area contributed by atoms with E-state index in [1.165, 1.54) is 7.11 Å². The summed E-state index contributed by atoms with van der Waals surface area (Å²) in [5.41, 5.74) is 3.84. The summed E-state index contributed by atoms with van der Waals surface area (Å²) in [5, 5.41) is 9.07. The molecule has 7 nitrogen and oxygen atoms in total. The quantitative estimate of drug-likeness (QED) is 0.451. The van der Waals surface area contributed by atoms with Crippen molar-refractivity contribution in [3.63, 3.8) is 0 Å². The SMILES string of the molecule is COC(=O)c1cc(-c2ccc(C#Cc3cccnc3)cc2)nc(N2CCN(CCCO)CC2)c1. The van der Waals surface area contributed by atoms with Gasteiger partial charge in [0.2, 0.25) is 0 Å². The van der Waals surface area contributed by atoms with Gasteiger partial charge in [-0.1, -0.05) is 24.0 Å². The first-order valence-electron chi connectivity index (χ1n) is 11.4. The van der Waals surface area contributed by atoms with E-state index in [1.54, 1.807) is 24.5 Å². The summed E-state index contributed by atoms with van der Waals surface area (Å²) in [6.07, 6.45) is 4.24. The summed E-state index contributed by atoms with van der Waals surface area (Å²) >= 11 is 0. The molecule has 3 aromatic rings. The van der Waals surface area contributed by atoms with E-state index in [1.807, 2.05) is 36.4 Å². The highest BCUT2D eigenvalue weighted by Gasteiger charge is 2.20. The lowest BCUT2D eigenvalue weighted by Gasteiger charge is -2.35. The third-order valence-electron chi connectivity index (χ3n) is 5.76. The monoisotopic (exact) mass is 456 g/mol. The molecule has 0 aliphatic carbocycles. The zero-order chi connectivity index (χ0) is 23.8. The summed E-state index contributed by atoms with van der Waals surface area (Å²) in [6, 6.07) is 15.2. The average molecular weight is 457 g/mol. The number of aliphatic hydroxyl groups excluding tert-OH is 1. The van der Waals surface area contributed by atoms with Crippen LogP contribution in [0, 0.1) is 11.8 Å². The van der Waals surface area contributed by atoms with Crippen molar-refractivity contribution in [2.45, 2.75) is 6.42 Å². The molecule has 1 aromatic carbocycles. The fourth-order valence-electron chi connectivity index (χ4n) is 3.86. The van der Waals surface area contributed by atoms with Crippen LogP contribution < -0.4 is 4.90 Å². The maximum Gasteiger partial charge on any atom is 0.338 e. The summed E-state index contributed by atoms with van der Waals surface area (Å²) < 4.78 is 4.98. The lowest BCUT2D eigenvalue weighted by atomic mass is 10.1. The number of rotatable bonds is 6. The Bertz CT molecular complexity index is 1160. The summed E-state index contributed by atoms with van der Waals surface area (Å²) in [4.78, 5) is 25.8. The zero-order valence-corrected chi connectivity index (χ0v) is 19.3. The topological polar surface area (TPSA) is 78.8 Å². The van der Waals surface area contributed by atoms with E-state index in [2.05, 4.69) is 26.6 Å². The smallest absolute Gasteiger partial charge is 0.338 e. The van der Waals surface area contributed by atoms with Crippen molar-refractivity contribution in [1.82, 2.24) is 14.9 Å². The van der Waals surface area contributed by atoms with E-state index in [0.29, 0.717) is 11.3 Å². The number of carbonyl (C=O) groups is 1. The zero-order valence-electron chi connectivity index (χ0n) is 19.3. The molecule has 3 heterocycles. The maximum atomic E-state index is 12.4. The molecule has 1 N–H and O–H groups in total. The highest BCUT2D eigenvalue weighted by atomic mass is 16.5. The van der Waals surface area contributed by atoms with Gasteiger partial charge in [0.1, 0.15) is 5.82 Å². The Hall–Kier alpha value is -3.73. The number of aromatic nitrogens is 2. The summed E-state index contributed by atoms with van der Waals surface area (Å²) in [7, 11) is 1.39. The van der Waals surface area contributed by atoms with Crippen molar-refractivity contribution in [3.05, 3.63) is 77.6 Å². The summed E-state index contributed by atoms with van der Waals surface area (Å²) in [5.74, 6) is 6.63. The van der Waals surface area contributed by atoms with E-state index < -0.39 is 0 Å². The van der Waals surface area contributed by atoms with Crippen molar-refractivity contribution < 1.29 is 14.6 Å². The van der Waals surface area contributed by atoms with E-state index >= 15 is 0 Å². The van der Waals surface area contributed by atoms with Crippen molar-refractivity contribution in [3.8, 4) is 23.1 Å². The van der Waals surface area contributed by atoms with Crippen LogP contribution in [0.25, 0.3) is 11.3 Å². The number of methoxy groups -OCH3 is 1. The normalized spacial score (nSPS) is 13.8. The number of pyridine rings is 2. The van der Waals surface area contributed by atoms with E-state index in [0.717, 1.165) is 61.7 Å². The molecule has 0 saturated carbocycles. The van der Waals surface area contributed by atoms with Gasteiger partial charge in [0, 0.05) is 68.4 Å². The van der Waals surface area contributed by atoms with Crippen molar-refractivity contribution in [2.24, 2.45) is 0 Å². The van der Waals surface area contributed by atoms with Crippen molar-refractivity contribution in [1.29, 1.82) is 0 Å². The molecule has 0 unspecified atom stereocenters. The molecule has 7 heteroatoms. The molecule has 0 bridgehead atoms. The minimum atomic E-state index is -0.384. The molecule has 1 aliphatic heterocycles. The van der Waals surface area contributed by atoms with Crippen LogP contribution in [0.1, 0.15) is 27.9 Å². The largest absolute Gasteiger partial charge is 0.465 e. The number of carbonyl (C=O) groups excluding carboxylic acids is 1. The predicted molar refractivity (Wildman–Crippen MR) is 132 cm³/mol. The fraction of sp³-hybridized carbons (Fsp3) is 0.296. The first-order valence-corrected chi connectivity index (χ1v) is 11.4. The molecule has 0 radical (unpaired) electrons. The summed E-state index contributed by atoms with van der Waals surface area (Å²) in [6.45, 7) is 4.51. The van der Waals surface area contributed by atoms with Gasteiger partial charge in [0.05, 0.1) is 18.4 Å². The second-order valence-electron chi connectivity index (χ2n) is 8.07. The minimum absolute atomic E-state index is 0.208. The number of piperazine rings is 1. The Kier molecular flexibility index (Phi) is 7.87. The van der Waals surface area contributed by atoms with E-state index in [4.69, 9.17) is 14.8 Å². The Balaban J connectivity index is 1.55. The lowest BCUT2D eigenvalue weighted by Crippen LogP contribution is -2.47. The fourth-order valence-corrected chi connectivity index (χ4v) is 3.86. The molecule has 4 rings (SSSR count). The van der Waals surface area contributed by atoms with Gasteiger partial charge in [-0.15, -0.1) is 0 Å². The van der Waals surface area contributed by atoms with Crippen LogP contribution in [0.5, 0.6) is 0 Å². The Labute approximate surface area is 200 Å². The highest BCUT2D eigenvalue weighted by molar-refractivity contribution is 5.91. The molecule has 0 amide bonds. The van der Waals surface area contributed by atoms with Crippen LogP contribution in [0.3, 0.4) is 0 Å². The Morgan fingerprint density at radius 1 is 1.06 bits per heavy atom. The van der Waals surface area contributed by atoms with E-state index in [9.17, 15) is 4.79 Å². The lowest BCUT2D eigenvalue weighted by molar-refractivity contribution is 0.0600. The number of anilines is 1. The second-order valence-corrected chi connectivity index (χ2v) is 8.07. The van der Waals surface area contributed by atoms with Crippen molar-refractivity contribution in [2.75, 3.05) is 51.3 Å². The van der Waals surface area contributed by atoms with Crippen LogP contribution in [-0.4, -0.2) is 72.4 Å². The van der Waals surface area contributed by atoms with Gasteiger partial charge < -0.3 is 14.7 Å². The van der Waals surface area contributed by atoms with Crippen LogP contribution in [0.2, 0.25) is 0 Å². The number of benzene rings is 1. The molecule has 174 valence electrons. The third kappa shape index (κ3) is 5.98. The Morgan fingerprint density at radius 3 is 2.50 bits per heavy atom.